The number of nitrogen functional groups attached to an aromatic ring is 2. The van der Waals surface area contributed by atoms with E-state index in [1.807, 2.05) is 0 Å². The molecule has 1 aliphatic heterocycles. The average molecular weight is 260 g/mol. The average Bonchev–Trinajstić information content (AvgIpc) is 2.33. The molecule has 0 radical (unpaired) electrons. The Hall–Kier alpha value is -1.20. The first kappa shape index (κ1) is 12.3. The smallest absolute Gasteiger partial charge is 0.169 e. The van der Waals surface area contributed by atoms with Crippen LogP contribution >= 0.6 is 11.6 Å². The number of nitrogens with two attached hydrogens (primary N) is 2. The van der Waals surface area contributed by atoms with Crippen LogP contribution in [0.4, 0.5) is 21.5 Å². The van der Waals surface area contributed by atoms with E-state index in [1.54, 1.807) is 0 Å². The Morgan fingerprint density at radius 3 is 2.59 bits per heavy atom. The maximum absolute atomic E-state index is 13.9. The molecule has 1 aromatic carbocycles. The van der Waals surface area contributed by atoms with Crippen LogP contribution in [-0.4, -0.2) is 19.3 Å². The van der Waals surface area contributed by atoms with Crippen molar-refractivity contribution in [2.75, 3.05) is 30.0 Å². The summed E-state index contributed by atoms with van der Waals surface area (Å²) in [5.41, 5.74) is 11.9. The van der Waals surface area contributed by atoms with Crippen LogP contribution in [0.5, 0.6) is 0 Å². The zero-order valence-corrected chi connectivity index (χ0v) is 10.1. The van der Waals surface area contributed by atoms with E-state index >= 15 is 0 Å². The Morgan fingerprint density at radius 2 is 1.94 bits per heavy atom. The van der Waals surface area contributed by atoms with Crippen molar-refractivity contribution < 1.29 is 9.13 Å². The highest BCUT2D eigenvalue weighted by molar-refractivity contribution is 6.33. The second-order valence-electron chi connectivity index (χ2n) is 4.09. The summed E-state index contributed by atoms with van der Waals surface area (Å²) in [5.74, 6) is -0.587. The molecular formula is C11H15ClFN3O. The predicted molar refractivity (Wildman–Crippen MR) is 67.7 cm³/mol. The van der Waals surface area contributed by atoms with Gasteiger partial charge in [0, 0.05) is 19.3 Å². The van der Waals surface area contributed by atoms with Crippen LogP contribution in [0.15, 0.2) is 6.07 Å². The molecule has 0 amide bonds. The Balaban J connectivity index is 2.22. The summed E-state index contributed by atoms with van der Waals surface area (Å²) in [6, 6.07) is 1.62. The van der Waals surface area contributed by atoms with E-state index in [4.69, 9.17) is 27.8 Å². The van der Waals surface area contributed by atoms with Crippen LogP contribution in [-0.2, 0) is 4.74 Å². The number of ether oxygens (including phenoxy) is 1. The minimum Gasteiger partial charge on any atom is -0.397 e. The van der Waals surface area contributed by atoms with E-state index in [2.05, 4.69) is 5.32 Å². The Morgan fingerprint density at radius 1 is 1.29 bits per heavy atom. The van der Waals surface area contributed by atoms with Crippen molar-refractivity contribution in [1.82, 2.24) is 0 Å². The van der Waals surface area contributed by atoms with Crippen molar-refractivity contribution in [3.05, 3.63) is 16.9 Å². The van der Waals surface area contributed by atoms with Gasteiger partial charge < -0.3 is 21.5 Å². The van der Waals surface area contributed by atoms with Gasteiger partial charge in [-0.15, -0.1) is 0 Å². The molecule has 2 rings (SSSR count). The molecule has 6 heteroatoms. The maximum atomic E-state index is 13.9. The van der Waals surface area contributed by atoms with Crippen LogP contribution < -0.4 is 16.8 Å². The number of benzene rings is 1. The van der Waals surface area contributed by atoms with Gasteiger partial charge in [0.25, 0.3) is 0 Å². The lowest BCUT2D eigenvalue weighted by Crippen LogP contribution is -2.28. The minimum atomic E-state index is -0.587. The monoisotopic (exact) mass is 259 g/mol. The molecule has 0 saturated carbocycles. The quantitative estimate of drug-likeness (QED) is 0.712. The minimum absolute atomic E-state index is 0.0891. The summed E-state index contributed by atoms with van der Waals surface area (Å²) in [6.07, 6.45) is 1.64. The molecule has 4 nitrogen and oxygen atoms in total. The standard InChI is InChI=1S/C11H15ClFN3O/c12-9-7(14)5-8(15)11(10(9)13)16-6-1-3-17-4-2-6/h5-6,16H,1-4,14-15H2. The summed E-state index contributed by atoms with van der Waals surface area (Å²) >= 11 is 5.75. The number of hydrogen-bond donors (Lipinski definition) is 3. The molecule has 1 heterocycles. The number of halogens is 2. The largest absolute Gasteiger partial charge is 0.397 e. The van der Waals surface area contributed by atoms with Crippen LogP contribution in [0.2, 0.25) is 5.02 Å². The molecule has 0 atom stereocenters. The zero-order valence-electron chi connectivity index (χ0n) is 9.30. The summed E-state index contributed by atoms with van der Waals surface area (Å²) in [5, 5.41) is 2.98. The lowest BCUT2D eigenvalue weighted by molar-refractivity contribution is 0.0904. The fourth-order valence-electron chi connectivity index (χ4n) is 1.86. The van der Waals surface area contributed by atoms with E-state index in [0.29, 0.717) is 13.2 Å². The SMILES string of the molecule is Nc1cc(N)c(NC2CCOCC2)c(F)c1Cl. The predicted octanol–water partition coefficient (Wildman–Crippen LogP) is 2.23. The molecule has 17 heavy (non-hydrogen) atoms. The van der Waals surface area contributed by atoms with E-state index in [9.17, 15) is 4.39 Å². The number of rotatable bonds is 2. The normalized spacial score (nSPS) is 17.1. The molecule has 1 saturated heterocycles. The molecule has 5 N–H and O–H groups in total. The highest BCUT2D eigenvalue weighted by Crippen LogP contribution is 2.34. The van der Waals surface area contributed by atoms with Crippen LogP contribution in [0, 0.1) is 5.82 Å². The number of nitrogens with one attached hydrogen (secondary N) is 1. The van der Waals surface area contributed by atoms with E-state index in [0.717, 1.165) is 12.8 Å². The molecule has 1 aromatic rings. The first-order valence-electron chi connectivity index (χ1n) is 5.47. The third kappa shape index (κ3) is 2.56. The topological polar surface area (TPSA) is 73.3 Å². The van der Waals surface area contributed by atoms with Crippen molar-refractivity contribution in [3.63, 3.8) is 0 Å². The van der Waals surface area contributed by atoms with Crippen molar-refractivity contribution in [3.8, 4) is 0 Å². The van der Waals surface area contributed by atoms with Crippen LogP contribution in [0.1, 0.15) is 12.8 Å². The van der Waals surface area contributed by atoms with Gasteiger partial charge in [-0.3, -0.25) is 0 Å². The van der Waals surface area contributed by atoms with Gasteiger partial charge >= 0.3 is 0 Å². The molecule has 0 bridgehead atoms. The first-order chi connectivity index (χ1) is 8.09. The number of anilines is 3. The molecule has 0 unspecified atom stereocenters. The van der Waals surface area contributed by atoms with Crippen molar-refractivity contribution >= 4 is 28.7 Å². The molecule has 94 valence electrons. The fraction of sp³-hybridized carbons (Fsp3) is 0.455. The van der Waals surface area contributed by atoms with E-state index in [-0.39, 0.29) is 28.1 Å². The second kappa shape index (κ2) is 4.98. The molecular weight excluding hydrogens is 245 g/mol. The fourth-order valence-corrected chi connectivity index (χ4v) is 2.01. The van der Waals surface area contributed by atoms with Gasteiger partial charge in [0.2, 0.25) is 0 Å². The van der Waals surface area contributed by atoms with Gasteiger partial charge in [0.15, 0.2) is 5.82 Å². The Labute approximate surface area is 104 Å². The van der Waals surface area contributed by atoms with Crippen LogP contribution in [0.3, 0.4) is 0 Å². The lowest BCUT2D eigenvalue weighted by atomic mass is 10.1. The zero-order chi connectivity index (χ0) is 12.4. The molecule has 0 spiro atoms. The van der Waals surface area contributed by atoms with E-state index in [1.165, 1.54) is 6.07 Å². The van der Waals surface area contributed by atoms with Gasteiger partial charge in [-0.2, -0.15) is 0 Å². The summed E-state index contributed by atoms with van der Waals surface area (Å²) < 4.78 is 19.1. The van der Waals surface area contributed by atoms with Gasteiger partial charge in [0.1, 0.15) is 5.02 Å². The Bertz CT molecular complexity index is 422. The lowest BCUT2D eigenvalue weighted by Gasteiger charge is -2.25. The molecule has 1 aliphatic rings. The summed E-state index contributed by atoms with van der Waals surface area (Å²) in [6.45, 7) is 1.34. The van der Waals surface area contributed by atoms with Crippen molar-refractivity contribution in [1.29, 1.82) is 0 Å². The van der Waals surface area contributed by atoms with Gasteiger partial charge in [-0.25, -0.2) is 4.39 Å². The first-order valence-corrected chi connectivity index (χ1v) is 5.84. The highest BCUT2D eigenvalue weighted by atomic mass is 35.5. The van der Waals surface area contributed by atoms with Gasteiger partial charge in [0.05, 0.1) is 17.1 Å². The highest BCUT2D eigenvalue weighted by Gasteiger charge is 2.19. The van der Waals surface area contributed by atoms with Crippen molar-refractivity contribution in [2.24, 2.45) is 0 Å². The van der Waals surface area contributed by atoms with E-state index < -0.39 is 5.82 Å². The Kier molecular flexibility index (Phi) is 3.59. The third-order valence-electron chi connectivity index (χ3n) is 2.84. The maximum Gasteiger partial charge on any atom is 0.169 e. The number of hydrogen-bond acceptors (Lipinski definition) is 4. The van der Waals surface area contributed by atoms with Gasteiger partial charge in [-0.1, -0.05) is 11.6 Å². The third-order valence-corrected chi connectivity index (χ3v) is 3.22. The second-order valence-corrected chi connectivity index (χ2v) is 4.47. The van der Waals surface area contributed by atoms with Crippen LogP contribution in [0.25, 0.3) is 0 Å². The summed E-state index contributed by atoms with van der Waals surface area (Å²) in [4.78, 5) is 0. The summed E-state index contributed by atoms with van der Waals surface area (Å²) in [7, 11) is 0. The van der Waals surface area contributed by atoms with Crippen molar-refractivity contribution in [2.45, 2.75) is 18.9 Å². The molecule has 0 aliphatic carbocycles. The van der Waals surface area contributed by atoms with Gasteiger partial charge in [-0.05, 0) is 18.9 Å². The molecule has 1 fully saturated rings. The molecule has 0 aromatic heterocycles.